The Hall–Kier alpha value is -2.75. The first-order valence-corrected chi connectivity index (χ1v) is 10.1. The number of nitrogens with one attached hydrogen (secondary N) is 1. The molecule has 158 valence electrons. The number of amides is 1. The predicted molar refractivity (Wildman–Crippen MR) is 111 cm³/mol. The van der Waals surface area contributed by atoms with Gasteiger partial charge in [-0.05, 0) is 71.6 Å². The van der Waals surface area contributed by atoms with Crippen molar-refractivity contribution < 1.29 is 19.1 Å². The zero-order valence-corrected chi connectivity index (χ0v) is 17.9. The van der Waals surface area contributed by atoms with Crippen molar-refractivity contribution in [3.05, 3.63) is 29.3 Å². The van der Waals surface area contributed by atoms with E-state index in [-0.39, 0.29) is 12.1 Å². The van der Waals surface area contributed by atoms with Gasteiger partial charge in [0, 0.05) is 19.1 Å². The lowest BCUT2D eigenvalue weighted by atomic mass is 9.90. The number of hydrogen-bond donors (Lipinski definition) is 1. The molecule has 1 aliphatic rings. The van der Waals surface area contributed by atoms with Crippen molar-refractivity contribution in [2.45, 2.75) is 59.1 Å². The lowest BCUT2D eigenvalue weighted by molar-refractivity contribution is 0.0179. The van der Waals surface area contributed by atoms with E-state index < -0.39 is 11.6 Å². The summed E-state index contributed by atoms with van der Waals surface area (Å²) in [6.45, 7) is 11.0. The monoisotopic (exact) mass is 401 g/mol. The molecule has 1 heterocycles. The standard InChI is InChI=1S/C22H31N3O4/c1-6-28-20(26)17-7-8-18(14-23)19(13-17)24-15(2)16-9-11-25(12-10-16)21(27)29-22(3,4)5/h7-8,13,15-16,24H,6,9-12H2,1-5H3/t15-/m0/s1. The summed E-state index contributed by atoms with van der Waals surface area (Å²) in [6.07, 6.45) is 1.41. The number of carbonyl (C=O) groups is 2. The third kappa shape index (κ3) is 6.38. The Kier molecular flexibility index (Phi) is 7.49. The minimum Gasteiger partial charge on any atom is -0.462 e. The van der Waals surface area contributed by atoms with Crippen LogP contribution in [0.5, 0.6) is 0 Å². The normalized spacial score (nSPS) is 15.9. The molecule has 1 aromatic carbocycles. The maximum atomic E-state index is 12.2. The molecule has 0 spiro atoms. The average Bonchev–Trinajstić information content (AvgIpc) is 2.67. The molecule has 1 amide bonds. The van der Waals surface area contributed by atoms with Crippen LogP contribution in [0.15, 0.2) is 18.2 Å². The molecule has 0 saturated carbocycles. The number of esters is 1. The van der Waals surface area contributed by atoms with Crippen molar-refractivity contribution in [2.75, 3.05) is 25.0 Å². The molecule has 7 nitrogen and oxygen atoms in total. The van der Waals surface area contributed by atoms with Gasteiger partial charge in [0.2, 0.25) is 0 Å². The molecule has 2 rings (SSSR count). The Balaban J connectivity index is 2.00. The number of hydrogen-bond acceptors (Lipinski definition) is 6. The third-order valence-corrected chi connectivity index (χ3v) is 4.93. The first kappa shape index (κ1) is 22.5. The summed E-state index contributed by atoms with van der Waals surface area (Å²) in [7, 11) is 0. The third-order valence-electron chi connectivity index (χ3n) is 4.93. The highest BCUT2D eigenvalue weighted by Crippen LogP contribution is 2.26. The number of benzene rings is 1. The van der Waals surface area contributed by atoms with Gasteiger partial charge < -0.3 is 19.7 Å². The highest BCUT2D eigenvalue weighted by Gasteiger charge is 2.29. The summed E-state index contributed by atoms with van der Waals surface area (Å²) >= 11 is 0. The van der Waals surface area contributed by atoms with E-state index in [1.165, 1.54) is 0 Å². The van der Waals surface area contributed by atoms with Crippen LogP contribution in [0.3, 0.4) is 0 Å². The van der Waals surface area contributed by atoms with Gasteiger partial charge in [-0.25, -0.2) is 9.59 Å². The number of piperidine rings is 1. The molecular weight excluding hydrogens is 370 g/mol. The molecule has 29 heavy (non-hydrogen) atoms. The smallest absolute Gasteiger partial charge is 0.410 e. The summed E-state index contributed by atoms with van der Waals surface area (Å²) in [5, 5.41) is 12.8. The molecule has 7 heteroatoms. The van der Waals surface area contributed by atoms with Gasteiger partial charge >= 0.3 is 12.1 Å². The molecule has 0 bridgehead atoms. The molecule has 1 saturated heterocycles. The summed E-state index contributed by atoms with van der Waals surface area (Å²) in [5.74, 6) is -0.0650. The quantitative estimate of drug-likeness (QED) is 0.744. The van der Waals surface area contributed by atoms with E-state index in [0.717, 1.165) is 12.8 Å². The van der Waals surface area contributed by atoms with Gasteiger partial charge in [-0.2, -0.15) is 5.26 Å². The molecule has 1 aliphatic heterocycles. The molecule has 0 unspecified atom stereocenters. The Labute approximate surface area is 173 Å². The second-order valence-corrected chi connectivity index (χ2v) is 8.33. The molecule has 1 aromatic rings. The predicted octanol–water partition coefficient (Wildman–Crippen LogP) is 4.18. The van der Waals surface area contributed by atoms with Crippen molar-refractivity contribution in [1.82, 2.24) is 4.90 Å². The zero-order chi connectivity index (χ0) is 21.6. The topological polar surface area (TPSA) is 91.7 Å². The number of likely N-dealkylation sites (tertiary alicyclic amines) is 1. The highest BCUT2D eigenvalue weighted by molar-refractivity contribution is 5.91. The van der Waals surface area contributed by atoms with Gasteiger partial charge in [0.1, 0.15) is 11.7 Å². The van der Waals surface area contributed by atoms with Gasteiger partial charge in [0.25, 0.3) is 0 Å². The minimum atomic E-state index is -0.500. The van der Waals surface area contributed by atoms with E-state index in [1.807, 2.05) is 20.8 Å². The van der Waals surface area contributed by atoms with Crippen LogP contribution in [0, 0.1) is 17.2 Å². The fraction of sp³-hybridized carbons (Fsp3) is 0.591. The van der Waals surface area contributed by atoms with Gasteiger partial charge in [-0.15, -0.1) is 0 Å². The molecule has 0 aromatic heterocycles. The number of nitriles is 1. The van der Waals surface area contributed by atoms with E-state index in [1.54, 1.807) is 30.0 Å². The molecular formula is C22H31N3O4. The lowest BCUT2D eigenvalue weighted by Gasteiger charge is -2.36. The van der Waals surface area contributed by atoms with Gasteiger partial charge in [-0.3, -0.25) is 0 Å². The number of rotatable bonds is 5. The van der Waals surface area contributed by atoms with Gasteiger partial charge in [-0.1, -0.05) is 0 Å². The van der Waals surface area contributed by atoms with Crippen LogP contribution < -0.4 is 5.32 Å². The maximum Gasteiger partial charge on any atom is 0.410 e. The fourth-order valence-corrected chi connectivity index (χ4v) is 3.37. The first-order valence-electron chi connectivity index (χ1n) is 10.1. The van der Waals surface area contributed by atoms with Crippen LogP contribution in [0.1, 0.15) is 63.4 Å². The summed E-state index contributed by atoms with van der Waals surface area (Å²) in [4.78, 5) is 26.0. The largest absolute Gasteiger partial charge is 0.462 e. The van der Waals surface area contributed by atoms with E-state index in [9.17, 15) is 14.9 Å². The van der Waals surface area contributed by atoms with Crippen LogP contribution >= 0.6 is 0 Å². The maximum absolute atomic E-state index is 12.2. The molecule has 1 fully saturated rings. The van der Waals surface area contributed by atoms with Crippen molar-refractivity contribution in [2.24, 2.45) is 5.92 Å². The van der Waals surface area contributed by atoms with Crippen molar-refractivity contribution in [3.8, 4) is 6.07 Å². The number of carbonyl (C=O) groups excluding carboxylic acids is 2. The SMILES string of the molecule is CCOC(=O)c1ccc(C#N)c(N[C@@H](C)C2CCN(C(=O)OC(C)(C)C)CC2)c1. The van der Waals surface area contributed by atoms with Crippen molar-refractivity contribution in [3.63, 3.8) is 0 Å². The Morgan fingerprint density at radius 3 is 2.52 bits per heavy atom. The van der Waals surface area contributed by atoms with E-state index in [4.69, 9.17) is 9.47 Å². The molecule has 1 atom stereocenters. The van der Waals surface area contributed by atoms with Crippen LogP contribution in [0.25, 0.3) is 0 Å². The second-order valence-electron chi connectivity index (χ2n) is 8.33. The summed E-state index contributed by atoms with van der Waals surface area (Å²) in [6, 6.07) is 7.15. The van der Waals surface area contributed by atoms with Gasteiger partial charge in [0.05, 0.1) is 23.4 Å². The minimum absolute atomic E-state index is 0.0836. The zero-order valence-electron chi connectivity index (χ0n) is 17.9. The van der Waals surface area contributed by atoms with Crippen molar-refractivity contribution in [1.29, 1.82) is 5.26 Å². The van der Waals surface area contributed by atoms with Crippen LogP contribution in [-0.4, -0.2) is 48.3 Å². The fourth-order valence-electron chi connectivity index (χ4n) is 3.37. The van der Waals surface area contributed by atoms with E-state index >= 15 is 0 Å². The van der Waals surface area contributed by atoms with Crippen molar-refractivity contribution >= 4 is 17.7 Å². The summed E-state index contributed by atoms with van der Waals surface area (Å²) < 4.78 is 10.5. The van der Waals surface area contributed by atoms with Crippen LogP contribution in [0.2, 0.25) is 0 Å². The number of anilines is 1. The Morgan fingerprint density at radius 1 is 1.31 bits per heavy atom. The molecule has 0 aliphatic carbocycles. The number of ether oxygens (including phenoxy) is 2. The molecule has 0 radical (unpaired) electrons. The average molecular weight is 402 g/mol. The Bertz CT molecular complexity index is 771. The summed E-state index contributed by atoms with van der Waals surface area (Å²) in [5.41, 5.74) is 1.02. The number of nitrogens with zero attached hydrogens (tertiary/aromatic N) is 2. The second kappa shape index (κ2) is 9.64. The van der Waals surface area contributed by atoms with Crippen LogP contribution in [0.4, 0.5) is 10.5 Å². The van der Waals surface area contributed by atoms with Gasteiger partial charge in [0.15, 0.2) is 0 Å². The first-order chi connectivity index (χ1) is 13.6. The lowest BCUT2D eigenvalue weighted by Crippen LogP contribution is -2.44. The van der Waals surface area contributed by atoms with E-state index in [0.29, 0.717) is 42.4 Å². The van der Waals surface area contributed by atoms with E-state index in [2.05, 4.69) is 18.3 Å². The van der Waals surface area contributed by atoms with Crippen LogP contribution in [-0.2, 0) is 9.47 Å². The Morgan fingerprint density at radius 2 is 1.97 bits per heavy atom. The highest BCUT2D eigenvalue weighted by atomic mass is 16.6. The molecule has 1 N–H and O–H groups in total.